The number of nitrogens with zero attached hydrogens (tertiary/aromatic N) is 1. The molecule has 1 atom stereocenters. The summed E-state index contributed by atoms with van der Waals surface area (Å²) >= 11 is 0. The van der Waals surface area contributed by atoms with Crippen LogP contribution >= 0.6 is 0 Å². The van der Waals surface area contributed by atoms with E-state index in [4.69, 9.17) is 14.6 Å². The Balaban J connectivity index is 2.27. The van der Waals surface area contributed by atoms with E-state index in [2.05, 4.69) is 0 Å². The maximum Gasteiger partial charge on any atom is 0.317 e. The first-order valence-electron chi connectivity index (χ1n) is 6.40. The summed E-state index contributed by atoms with van der Waals surface area (Å²) in [6.07, 6.45) is 0.871. The lowest BCUT2D eigenvalue weighted by Gasteiger charge is -2.21. The molecule has 5 heteroatoms. The largest absolute Gasteiger partial charge is 0.497 e. The Bertz CT molecular complexity index is 461. The molecule has 0 aliphatic carbocycles. The van der Waals surface area contributed by atoms with E-state index in [0.717, 1.165) is 23.5 Å². The number of benzene rings is 1. The smallest absolute Gasteiger partial charge is 0.317 e. The van der Waals surface area contributed by atoms with Crippen molar-refractivity contribution in [3.63, 3.8) is 0 Å². The van der Waals surface area contributed by atoms with Crippen LogP contribution < -0.4 is 9.47 Å². The zero-order valence-corrected chi connectivity index (χ0v) is 11.3. The molecule has 0 aromatic heterocycles. The zero-order chi connectivity index (χ0) is 13.8. The number of aliphatic carboxylic acids is 1. The molecule has 0 saturated heterocycles. The summed E-state index contributed by atoms with van der Waals surface area (Å²) < 4.78 is 11.1. The van der Waals surface area contributed by atoms with Crippen LogP contribution in [0.3, 0.4) is 0 Å². The van der Waals surface area contributed by atoms with Crippen LogP contribution in [-0.4, -0.2) is 42.3 Å². The van der Waals surface area contributed by atoms with Crippen LogP contribution in [-0.2, 0) is 11.3 Å². The number of fused-ring (bicyclic) bond motifs is 1. The van der Waals surface area contributed by atoms with Gasteiger partial charge >= 0.3 is 5.97 Å². The summed E-state index contributed by atoms with van der Waals surface area (Å²) in [5.74, 6) is 0.759. The minimum atomic E-state index is -0.818. The maximum atomic E-state index is 10.9. The number of hydrogen-bond donors (Lipinski definition) is 1. The number of ether oxygens (including phenoxy) is 2. The van der Waals surface area contributed by atoms with Crippen LogP contribution in [0.4, 0.5) is 0 Å². The molecule has 1 aliphatic heterocycles. The van der Waals surface area contributed by atoms with Crippen molar-refractivity contribution >= 4 is 5.97 Å². The highest BCUT2D eigenvalue weighted by Crippen LogP contribution is 2.29. The quantitative estimate of drug-likeness (QED) is 0.898. The van der Waals surface area contributed by atoms with Gasteiger partial charge in [-0.1, -0.05) is 6.92 Å². The molecular weight excluding hydrogens is 246 g/mol. The molecule has 1 heterocycles. The van der Waals surface area contributed by atoms with E-state index in [0.29, 0.717) is 13.1 Å². The van der Waals surface area contributed by atoms with Crippen molar-refractivity contribution < 1.29 is 19.4 Å². The van der Waals surface area contributed by atoms with E-state index >= 15 is 0 Å². The third-order valence-electron chi connectivity index (χ3n) is 3.23. The van der Waals surface area contributed by atoms with E-state index < -0.39 is 5.97 Å². The minimum absolute atomic E-state index is 0.0222. The van der Waals surface area contributed by atoms with Crippen LogP contribution in [0.1, 0.15) is 18.9 Å². The Kier molecular flexibility index (Phi) is 4.27. The predicted octanol–water partition coefficient (Wildman–Crippen LogP) is 1.75. The van der Waals surface area contributed by atoms with Crippen molar-refractivity contribution in [3.8, 4) is 11.5 Å². The molecule has 1 unspecified atom stereocenters. The van der Waals surface area contributed by atoms with Crippen LogP contribution in [0.5, 0.6) is 11.5 Å². The molecule has 0 bridgehead atoms. The van der Waals surface area contributed by atoms with Crippen molar-refractivity contribution in [1.82, 2.24) is 4.90 Å². The highest BCUT2D eigenvalue weighted by Gasteiger charge is 2.23. The monoisotopic (exact) mass is 265 g/mol. The minimum Gasteiger partial charge on any atom is -0.497 e. The summed E-state index contributed by atoms with van der Waals surface area (Å²) in [5, 5.41) is 8.96. The van der Waals surface area contributed by atoms with Crippen molar-refractivity contribution in [2.75, 3.05) is 20.2 Å². The molecule has 1 N–H and O–H groups in total. The lowest BCUT2D eigenvalue weighted by Crippen LogP contribution is -2.35. The summed E-state index contributed by atoms with van der Waals surface area (Å²) in [5.41, 5.74) is 0.969. The van der Waals surface area contributed by atoms with Gasteiger partial charge in [0.2, 0.25) is 0 Å². The number of carbonyl (C=O) groups is 1. The maximum absolute atomic E-state index is 10.9. The van der Waals surface area contributed by atoms with Crippen molar-refractivity contribution in [2.45, 2.75) is 26.0 Å². The molecule has 2 rings (SSSR count). The second-order valence-corrected chi connectivity index (χ2v) is 4.69. The number of carboxylic acids is 1. The first-order chi connectivity index (χ1) is 9.12. The molecule has 0 fully saturated rings. The van der Waals surface area contributed by atoms with Gasteiger partial charge in [0.05, 0.1) is 13.7 Å². The lowest BCUT2D eigenvalue weighted by molar-refractivity contribution is -0.138. The average molecular weight is 265 g/mol. The Hall–Kier alpha value is -1.75. The Morgan fingerprint density at radius 3 is 3.00 bits per heavy atom. The molecule has 0 spiro atoms. The predicted molar refractivity (Wildman–Crippen MR) is 70.6 cm³/mol. The van der Waals surface area contributed by atoms with E-state index in [1.165, 1.54) is 0 Å². The summed E-state index contributed by atoms with van der Waals surface area (Å²) in [7, 11) is 1.61. The number of carboxylic acid groups (broad SMARTS) is 1. The number of hydrogen-bond acceptors (Lipinski definition) is 4. The van der Waals surface area contributed by atoms with Gasteiger partial charge in [0.25, 0.3) is 0 Å². The molecular formula is C14H19NO4. The van der Waals surface area contributed by atoms with Crippen molar-refractivity contribution in [3.05, 3.63) is 23.8 Å². The third kappa shape index (κ3) is 3.38. The Morgan fingerprint density at radius 2 is 2.37 bits per heavy atom. The molecule has 0 saturated carbocycles. The van der Waals surface area contributed by atoms with Gasteiger partial charge in [-0.3, -0.25) is 9.69 Å². The normalized spacial score (nSPS) is 19.2. The molecule has 1 aromatic rings. The van der Waals surface area contributed by atoms with E-state index in [1.54, 1.807) is 7.11 Å². The van der Waals surface area contributed by atoms with Crippen LogP contribution in [0.15, 0.2) is 18.2 Å². The molecule has 1 aromatic carbocycles. The van der Waals surface area contributed by atoms with E-state index in [-0.39, 0.29) is 12.6 Å². The summed E-state index contributed by atoms with van der Waals surface area (Å²) in [4.78, 5) is 12.8. The standard InChI is InChI=1S/C14H19NO4/c1-3-11-8-15(9-14(16)17)7-10-6-12(18-2)4-5-13(10)19-11/h4-6,11H,3,7-9H2,1-2H3,(H,16,17). The third-order valence-corrected chi connectivity index (χ3v) is 3.23. The number of methoxy groups -OCH3 is 1. The van der Waals surface area contributed by atoms with E-state index in [1.807, 2.05) is 30.0 Å². The van der Waals surface area contributed by atoms with Crippen molar-refractivity contribution in [2.24, 2.45) is 0 Å². The van der Waals surface area contributed by atoms with Gasteiger partial charge in [-0.2, -0.15) is 0 Å². The highest BCUT2D eigenvalue weighted by atomic mass is 16.5. The van der Waals surface area contributed by atoms with Crippen LogP contribution in [0, 0.1) is 0 Å². The summed E-state index contributed by atoms with van der Waals surface area (Å²) in [6.45, 7) is 3.25. The van der Waals surface area contributed by atoms with Gasteiger partial charge in [0.1, 0.15) is 17.6 Å². The fraction of sp³-hybridized carbons (Fsp3) is 0.500. The van der Waals surface area contributed by atoms with Gasteiger partial charge in [-0.15, -0.1) is 0 Å². The lowest BCUT2D eigenvalue weighted by atomic mass is 10.2. The van der Waals surface area contributed by atoms with Gasteiger partial charge in [-0.25, -0.2) is 0 Å². The molecule has 5 nitrogen and oxygen atoms in total. The second-order valence-electron chi connectivity index (χ2n) is 4.69. The van der Waals surface area contributed by atoms with Crippen LogP contribution in [0.25, 0.3) is 0 Å². The molecule has 0 amide bonds. The van der Waals surface area contributed by atoms with Crippen molar-refractivity contribution in [1.29, 1.82) is 0 Å². The fourth-order valence-corrected chi connectivity index (χ4v) is 2.26. The SMILES string of the molecule is CCC1CN(CC(=O)O)Cc2cc(OC)ccc2O1. The Labute approximate surface area is 112 Å². The van der Waals surface area contributed by atoms with Gasteiger partial charge in [0.15, 0.2) is 0 Å². The first-order valence-corrected chi connectivity index (χ1v) is 6.40. The van der Waals surface area contributed by atoms with E-state index in [9.17, 15) is 4.79 Å². The molecule has 19 heavy (non-hydrogen) atoms. The number of rotatable bonds is 4. The van der Waals surface area contributed by atoms with Gasteiger partial charge in [0, 0.05) is 18.7 Å². The van der Waals surface area contributed by atoms with Crippen LogP contribution in [0.2, 0.25) is 0 Å². The topological polar surface area (TPSA) is 59.0 Å². The molecule has 104 valence electrons. The van der Waals surface area contributed by atoms with Gasteiger partial charge in [-0.05, 0) is 24.6 Å². The average Bonchev–Trinajstić information content (AvgIpc) is 2.55. The Morgan fingerprint density at radius 1 is 1.58 bits per heavy atom. The molecule has 0 radical (unpaired) electrons. The zero-order valence-electron chi connectivity index (χ0n) is 11.3. The molecule has 1 aliphatic rings. The summed E-state index contributed by atoms with van der Waals surface area (Å²) in [6, 6.07) is 5.65. The second kappa shape index (κ2) is 5.93. The fourth-order valence-electron chi connectivity index (χ4n) is 2.26. The van der Waals surface area contributed by atoms with Gasteiger partial charge < -0.3 is 14.6 Å². The first kappa shape index (κ1) is 13.7. The highest BCUT2D eigenvalue weighted by molar-refractivity contribution is 5.69.